The van der Waals surface area contributed by atoms with Gasteiger partial charge in [0.2, 0.25) is 5.91 Å². The van der Waals surface area contributed by atoms with Crippen LogP contribution < -0.4 is 5.32 Å². The first kappa shape index (κ1) is 15.7. The number of esters is 1. The highest BCUT2D eigenvalue weighted by Gasteiger charge is 2.28. The van der Waals surface area contributed by atoms with Crippen molar-refractivity contribution >= 4 is 11.9 Å². The summed E-state index contributed by atoms with van der Waals surface area (Å²) in [5.41, 5.74) is 0.630. The second kappa shape index (κ2) is 7.94. The molecular formula is C14H23NO4. The Balaban J connectivity index is 2.74. The first-order valence-corrected chi connectivity index (χ1v) is 6.82. The number of rotatable bonds is 6. The van der Waals surface area contributed by atoms with Crippen molar-refractivity contribution in [2.75, 3.05) is 13.7 Å². The van der Waals surface area contributed by atoms with E-state index >= 15 is 0 Å². The van der Waals surface area contributed by atoms with Crippen LogP contribution in [0.4, 0.5) is 0 Å². The monoisotopic (exact) mass is 269 g/mol. The van der Waals surface area contributed by atoms with Crippen LogP contribution in [0.25, 0.3) is 0 Å². The third-order valence-electron chi connectivity index (χ3n) is 3.12. The average Bonchev–Trinajstić information content (AvgIpc) is 2.45. The van der Waals surface area contributed by atoms with E-state index in [2.05, 4.69) is 5.32 Å². The molecule has 0 radical (unpaired) electrons. The maximum atomic E-state index is 11.5. The summed E-state index contributed by atoms with van der Waals surface area (Å²) >= 11 is 0. The number of amides is 1. The van der Waals surface area contributed by atoms with Gasteiger partial charge in [-0.3, -0.25) is 4.79 Å². The van der Waals surface area contributed by atoms with Gasteiger partial charge in [0.25, 0.3) is 0 Å². The predicted octanol–water partition coefficient (Wildman–Crippen LogP) is 1.57. The van der Waals surface area contributed by atoms with Crippen LogP contribution >= 0.6 is 0 Å². The third kappa shape index (κ3) is 4.67. The van der Waals surface area contributed by atoms with E-state index in [1.165, 1.54) is 7.11 Å². The van der Waals surface area contributed by atoms with Gasteiger partial charge in [-0.2, -0.15) is 0 Å². The molecule has 1 aliphatic carbocycles. The van der Waals surface area contributed by atoms with Crippen molar-refractivity contribution < 1.29 is 19.1 Å². The van der Waals surface area contributed by atoms with E-state index in [1.807, 2.05) is 13.8 Å². The smallest absolute Gasteiger partial charge is 0.333 e. The van der Waals surface area contributed by atoms with Gasteiger partial charge in [0.1, 0.15) is 0 Å². The lowest BCUT2D eigenvalue weighted by Crippen LogP contribution is -2.45. The second-order valence-corrected chi connectivity index (χ2v) is 4.59. The van der Waals surface area contributed by atoms with Crippen molar-refractivity contribution in [2.45, 2.75) is 51.7 Å². The molecule has 5 heteroatoms. The fourth-order valence-electron chi connectivity index (χ4n) is 2.06. The largest absolute Gasteiger partial charge is 0.466 e. The van der Waals surface area contributed by atoms with Crippen LogP contribution in [-0.4, -0.2) is 37.7 Å². The summed E-state index contributed by atoms with van der Waals surface area (Å²) in [4.78, 5) is 23.0. The average molecular weight is 269 g/mol. The molecule has 5 nitrogen and oxygen atoms in total. The Morgan fingerprint density at radius 1 is 1.42 bits per heavy atom. The molecule has 0 fully saturated rings. The zero-order chi connectivity index (χ0) is 14.3. The van der Waals surface area contributed by atoms with Gasteiger partial charge >= 0.3 is 5.97 Å². The molecule has 0 aliphatic heterocycles. The van der Waals surface area contributed by atoms with Crippen molar-refractivity contribution in [3.8, 4) is 0 Å². The lowest BCUT2D eigenvalue weighted by Gasteiger charge is -2.30. The summed E-state index contributed by atoms with van der Waals surface area (Å²) in [6.07, 6.45) is 4.18. The lowest BCUT2D eigenvalue weighted by atomic mass is 9.92. The van der Waals surface area contributed by atoms with Gasteiger partial charge in [0.05, 0.1) is 19.3 Å². The maximum absolute atomic E-state index is 11.5. The molecule has 2 atom stereocenters. The van der Waals surface area contributed by atoms with E-state index in [4.69, 9.17) is 9.47 Å². The molecule has 0 aromatic rings. The summed E-state index contributed by atoms with van der Waals surface area (Å²) in [6.45, 7) is 4.44. The van der Waals surface area contributed by atoms with Gasteiger partial charge in [-0.1, -0.05) is 13.8 Å². The number of carbonyl (C=O) groups is 2. The summed E-state index contributed by atoms with van der Waals surface area (Å²) in [5, 5.41) is 2.94. The minimum atomic E-state index is -0.314. The molecule has 1 amide bonds. The van der Waals surface area contributed by atoms with Crippen molar-refractivity contribution in [2.24, 2.45) is 0 Å². The van der Waals surface area contributed by atoms with Gasteiger partial charge in [-0.25, -0.2) is 4.79 Å². The minimum absolute atomic E-state index is 0.00464. The number of carbonyl (C=O) groups excluding carboxylic acids is 2. The van der Waals surface area contributed by atoms with Crippen LogP contribution in [-0.2, 0) is 19.1 Å². The van der Waals surface area contributed by atoms with Crippen molar-refractivity contribution in [3.63, 3.8) is 0 Å². The van der Waals surface area contributed by atoms with Crippen LogP contribution in [0.5, 0.6) is 0 Å². The van der Waals surface area contributed by atoms with Crippen molar-refractivity contribution in [3.05, 3.63) is 11.6 Å². The van der Waals surface area contributed by atoms with E-state index in [0.29, 0.717) is 31.4 Å². The number of hydrogen-bond acceptors (Lipinski definition) is 4. The fraction of sp³-hybridized carbons (Fsp3) is 0.714. The fourth-order valence-corrected chi connectivity index (χ4v) is 2.06. The highest BCUT2D eigenvalue weighted by atomic mass is 16.5. The van der Waals surface area contributed by atoms with E-state index < -0.39 is 0 Å². The molecular weight excluding hydrogens is 246 g/mol. The van der Waals surface area contributed by atoms with Crippen LogP contribution in [0.2, 0.25) is 0 Å². The van der Waals surface area contributed by atoms with Gasteiger partial charge in [0.15, 0.2) is 0 Å². The van der Waals surface area contributed by atoms with Crippen LogP contribution in [0.1, 0.15) is 39.5 Å². The second-order valence-electron chi connectivity index (χ2n) is 4.59. The standard InChI is InChI=1S/C14H23NO4/c1-4-8-19-12-9-10(14(17)18-3)6-7-11(12)15-13(16)5-2/h9,11-12H,4-8H2,1-3H3,(H,15,16)/t11?,12-/m1/s1. The Kier molecular flexibility index (Phi) is 6.56. The topological polar surface area (TPSA) is 64.6 Å². The minimum Gasteiger partial charge on any atom is -0.466 e. The molecule has 0 bridgehead atoms. The SMILES string of the molecule is CCCO[C@@H]1C=C(C(=O)OC)CCC1NC(=O)CC. The van der Waals surface area contributed by atoms with Crippen molar-refractivity contribution in [1.29, 1.82) is 0 Å². The molecule has 0 saturated heterocycles. The maximum Gasteiger partial charge on any atom is 0.333 e. The Labute approximate surface area is 114 Å². The Morgan fingerprint density at radius 2 is 2.16 bits per heavy atom. The molecule has 0 saturated carbocycles. The van der Waals surface area contributed by atoms with Gasteiger partial charge in [-0.05, 0) is 25.3 Å². The van der Waals surface area contributed by atoms with E-state index in [0.717, 1.165) is 6.42 Å². The van der Waals surface area contributed by atoms with E-state index in [1.54, 1.807) is 6.08 Å². The Morgan fingerprint density at radius 3 is 2.74 bits per heavy atom. The normalized spacial score (nSPS) is 22.6. The summed E-state index contributed by atoms with van der Waals surface area (Å²) in [6, 6.07) is -0.0626. The number of methoxy groups -OCH3 is 1. The zero-order valence-corrected chi connectivity index (χ0v) is 11.9. The summed E-state index contributed by atoms with van der Waals surface area (Å²) < 4.78 is 10.4. The molecule has 19 heavy (non-hydrogen) atoms. The quantitative estimate of drug-likeness (QED) is 0.743. The van der Waals surface area contributed by atoms with Gasteiger partial charge in [0, 0.05) is 18.6 Å². The van der Waals surface area contributed by atoms with Gasteiger partial charge in [-0.15, -0.1) is 0 Å². The molecule has 0 aromatic carbocycles. The molecule has 0 heterocycles. The highest BCUT2D eigenvalue weighted by Crippen LogP contribution is 2.22. The molecule has 108 valence electrons. The number of ether oxygens (including phenoxy) is 2. The predicted molar refractivity (Wildman–Crippen MR) is 71.6 cm³/mol. The zero-order valence-electron chi connectivity index (χ0n) is 11.9. The first-order chi connectivity index (χ1) is 9.12. The molecule has 1 N–H and O–H groups in total. The molecule has 1 unspecified atom stereocenters. The highest BCUT2D eigenvalue weighted by molar-refractivity contribution is 5.88. The Hall–Kier alpha value is -1.36. The molecule has 1 aliphatic rings. The van der Waals surface area contributed by atoms with E-state index in [-0.39, 0.29) is 24.0 Å². The lowest BCUT2D eigenvalue weighted by molar-refractivity contribution is -0.136. The molecule has 1 rings (SSSR count). The molecule has 0 spiro atoms. The first-order valence-electron chi connectivity index (χ1n) is 6.82. The van der Waals surface area contributed by atoms with Crippen LogP contribution in [0, 0.1) is 0 Å². The van der Waals surface area contributed by atoms with Crippen LogP contribution in [0.3, 0.4) is 0 Å². The molecule has 0 aromatic heterocycles. The van der Waals surface area contributed by atoms with Crippen LogP contribution in [0.15, 0.2) is 11.6 Å². The summed E-state index contributed by atoms with van der Waals surface area (Å²) in [5.74, 6) is -0.310. The third-order valence-corrected chi connectivity index (χ3v) is 3.12. The summed E-state index contributed by atoms with van der Waals surface area (Å²) in [7, 11) is 1.37. The van der Waals surface area contributed by atoms with E-state index in [9.17, 15) is 9.59 Å². The number of nitrogens with one attached hydrogen (secondary N) is 1. The number of hydrogen-bond donors (Lipinski definition) is 1. The Bertz CT molecular complexity index is 351. The van der Waals surface area contributed by atoms with Gasteiger partial charge < -0.3 is 14.8 Å². The van der Waals surface area contributed by atoms with Crippen molar-refractivity contribution in [1.82, 2.24) is 5.32 Å².